The monoisotopic (exact) mass is 1020 g/mol. The molecule has 0 N–H and O–H groups in total. The highest BCUT2D eigenvalue weighted by atomic mass is 15.2. The van der Waals surface area contributed by atoms with Crippen molar-refractivity contribution >= 4 is 110 Å². The first-order valence-corrected chi connectivity index (χ1v) is 25.8. The maximum Gasteiger partial charge on any atom is 0.0645 e. The summed E-state index contributed by atoms with van der Waals surface area (Å²) in [5.74, 6) is 0. The zero-order valence-electron chi connectivity index (χ0n) is 63.3. The van der Waals surface area contributed by atoms with E-state index in [2.05, 4.69) is 20.9 Å². The van der Waals surface area contributed by atoms with Crippen LogP contribution < -0.4 is 9.80 Å². The summed E-state index contributed by atoms with van der Waals surface area (Å²) in [4.78, 5) is 3.17. The number of hydrogen-bond acceptors (Lipinski definition) is 2. The van der Waals surface area contributed by atoms with Gasteiger partial charge in [-0.05, 0) is 106 Å². The van der Waals surface area contributed by atoms with Gasteiger partial charge in [0.05, 0.1) is 83.3 Å². The molecule has 0 saturated carbocycles. The van der Waals surface area contributed by atoms with E-state index in [-0.39, 0.29) is 45.0 Å². The molecule has 0 bridgehead atoms. The van der Waals surface area contributed by atoms with Gasteiger partial charge in [-0.15, -0.1) is 0 Å². The molecule has 4 heteroatoms. The molecule has 0 aliphatic rings. The zero-order valence-corrected chi connectivity index (χ0v) is 43.3. The molecule has 0 unspecified atom stereocenters. The van der Waals surface area contributed by atoms with E-state index in [1.807, 2.05) is 114 Å². The molecule has 0 fully saturated rings. The quantitative estimate of drug-likeness (QED) is 0.151. The van der Waals surface area contributed by atoms with Gasteiger partial charge in [0.2, 0.25) is 0 Å². The van der Waals surface area contributed by atoms with Crippen molar-refractivity contribution in [2.24, 2.45) is 0 Å². The number of benzene rings is 11. The fourth-order valence-corrected chi connectivity index (χ4v) is 11.9. The summed E-state index contributed by atoms with van der Waals surface area (Å²) >= 11 is 0. The van der Waals surface area contributed by atoms with E-state index in [9.17, 15) is 11.0 Å². The van der Waals surface area contributed by atoms with Crippen LogP contribution in [-0.4, -0.2) is 8.80 Å². The maximum absolute atomic E-state index is 9.68. The lowest BCUT2D eigenvalue weighted by Crippen LogP contribution is -2.15. The second-order valence-corrected chi connectivity index (χ2v) is 21.9. The van der Waals surface area contributed by atoms with Crippen molar-refractivity contribution in [3.05, 3.63) is 253 Å². The van der Waals surface area contributed by atoms with Gasteiger partial charge in [0.25, 0.3) is 0 Å². The van der Waals surface area contributed by atoms with Crippen LogP contribution >= 0.6 is 0 Å². The summed E-state index contributed by atoms with van der Waals surface area (Å²) in [6, 6.07) is 26.3. The van der Waals surface area contributed by atoms with Crippen LogP contribution in [-0.2, 0) is 10.8 Å². The van der Waals surface area contributed by atoms with E-state index in [0.717, 1.165) is 65.5 Å². The van der Waals surface area contributed by atoms with Gasteiger partial charge < -0.3 is 18.6 Å². The average Bonchev–Trinajstić information content (AvgIpc) is 1.51. The molecule has 4 nitrogen and oxygen atoms in total. The first kappa shape index (κ1) is 29.8. The molecule has 0 aliphatic heterocycles. The summed E-state index contributed by atoms with van der Waals surface area (Å²) in [6.07, 6.45) is 0. The van der Waals surface area contributed by atoms with E-state index in [1.165, 1.54) is 0 Å². The Labute approximate surface area is 483 Å². The molecule has 11 aromatic carbocycles. The Morgan fingerprint density at radius 2 is 0.705 bits per heavy atom. The van der Waals surface area contributed by atoms with Gasteiger partial charge in [0, 0.05) is 65.6 Å². The summed E-state index contributed by atoms with van der Waals surface area (Å²) in [7, 11) is 0. The lowest BCUT2D eigenvalue weighted by Gasteiger charge is -2.31. The summed E-state index contributed by atoms with van der Waals surface area (Å²) in [5, 5.41) is 5.79. The standard InChI is InChI=1S/C74H58N4/c1-73(2,3)49-35-37-53(47-23-11-7-12-24-47)65(43-49)75(51-27-15-9-16-28-51)63-41-39-55-59-45-68-60(46-67(59)77-61-33-21-19-31-57(61)69(63)71(55)77)56-40-42-64(70-58-32-20-22-34-62(58)78(68)72(56)70)76(52-29-17-10-18-30-52)66-44-50(74(4,5)6)36-38-54(66)48-25-13-8-14-26-48/h7-46H,1-6H3/i7D,8D,9D,10D,11D,12D,13D,14D,15D,16D,17D,18D,23D,24D,25D,26D,27D,28D,29D,30D. The van der Waals surface area contributed by atoms with Gasteiger partial charge in [-0.25, -0.2) is 0 Å². The fourth-order valence-electron chi connectivity index (χ4n) is 11.9. The maximum atomic E-state index is 9.68. The number of anilines is 6. The second-order valence-electron chi connectivity index (χ2n) is 21.9. The number of fused-ring (bicyclic) bond motifs is 12. The van der Waals surface area contributed by atoms with Crippen molar-refractivity contribution in [3.8, 4) is 22.3 Å². The molecule has 15 aromatic rings. The summed E-state index contributed by atoms with van der Waals surface area (Å²) in [5.41, 5.74) is 5.35. The minimum absolute atomic E-state index is 0.147. The van der Waals surface area contributed by atoms with Gasteiger partial charge in [0.15, 0.2) is 0 Å². The zero-order chi connectivity index (χ0) is 70.0. The van der Waals surface area contributed by atoms with E-state index >= 15 is 0 Å². The van der Waals surface area contributed by atoms with E-state index in [0.29, 0.717) is 33.2 Å². The highest BCUT2D eigenvalue weighted by Gasteiger charge is 2.30. The number of para-hydroxylation sites is 4. The van der Waals surface area contributed by atoms with Crippen LogP contribution in [0, 0.1) is 0 Å². The van der Waals surface area contributed by atoms with Crippen molar-refractivity contribution in [1.29, 1.82) is 0 Å². The van der Waals surface area contributed by atoms with E-state index in [1.54, 1.807) is 46.2 Å². The van der Waals surface area contributed by atoms with Crippen LogP contribution in [0.5, 0.6) is 0 Å². The summed E-state index contributed by atoms with van der Waals surface area (Å²) < 4.78 is 187. The molecule has 0 amide bonds. The minimum Gasteiger partial charge on any atom is -0.309 e. The van der Waals surface area contributed by atoms with Crippen molar-refractivity contribution in [1.82, 2.24) is 8.80 Å². The molecular weight excluding hydrogens is 945 g/mol. The van der Waals surface area contributed by atoms with Gasteiger partial charge in [-0.3, -0.25) is 0 Å². The minimum atomic E-state index is -0.624. The van der Waals surface area contributed by atoms with Gasteiger partial charge in [-0.1, -0.05) is 211 Å². The lowest BCUT2D eigenvalue weighted by molar-refractivity contribution is 0.590. The van der Waals surface area contributed by atoms with Gasteiger partial charge >= 0.3 is 0 Å². The van der Waals surface area contributed by atoms with Crippen molar-refractivity contribution < 1.29 is 27.4 Å². The molecule has 0 radical (unpaired) electrons. The molecule has 0 spiro atoms. The smallest absolute Gasteiger partial charge is 0.0645 e. The molecule has 374 valence electrons. The van der Waals surface area contributed by atoms with Crippen LogP contribution in [0.15, 0.2) is 242 Å². The Bertz CT molecular complexity index is 5580. The second kappa shape index (κ2) is 17.1. The number of nitrogens with zero attached hydrogens (tertiary/aromatic N) is 4. The molecule has 15 rings (SSSR count). The van der Waals surface area contributed by atoms with Crippen molar-refractivity contribution in [3.63, 3.8) is 0 Å². The third-order valence-corrected chi connectivity index (χ3v) is 15.4. The van der Waals surface area contributed by atoms with Crippen molar-refractivity contribution in [2.75, 3.05) is 9.80 Å². The molecular formula is C74H58N4. The Hall–Kier alpha value is -9.38. The highest BCUT2D eigenvalue weighted by Crippen LogP contribution is 2.53. The predicted octanol–water partition coefficient (Wildman–Crippen LogP) is 20.9. The number of aromatic nitrogens is 2. The molecule has 0 saturated heterocycles. The van der Waals surface area contributed by atoms with Crippen LogP contribution in [0.3, 0.4) is 0 Å². The SMILES string of the molecule is [2H]c1c([2H])c([2H])c(-c2ccc(C(C)(C)C)cc2N(c2c([2H])c([2H])c([2H])c([2H])c2[2H])c2ccc3c4cc5c(cc4n4c6ccccc6c2c34)c2ccc(N(c3cc(C(C)(C)C)ccc3-c3c([2H])c([2H])c([2H])c([2H])c3[2H])c3c([2H])c([2H])c([2H])c([2H])c3[2H])c3c4ccccc4n5c23)c([2H])c1[2H]. The first-order valence-electron chi connectivity index (χ1n) is 35.8. The van der Waals surface area contributed by atoms with Gasteiger partial charge in [-0.2, -0.15) is 0 Å². The Balaban J connectivity index is 1.06. The van der Waals surface area contributed by atoms with E-state index < -0.39 is 132 Å². The topological polar surface area (TPSA) is 15.3 Å². The third-order valence-electron chi connectivity index (χ3n) is 15.4. The predicted molar refractivity (Wildman–Crippen MR) is 333 cm³/mol. The van der Waals surface area contributed by atoms with Crippen LogP contribution in [0.25, 0.3) is 98.4 Å². The molecule has 4 aromatic heterocycles. The largest absolute Gasteiger partial charge is 0.309 e. The van der Waals surface area contributed by atoms with E-state index in [4.69, 9.17) is 16.4 Å². The molecule has 0 aliphatic carbocycles. The average molecular weight is 1020 g/mol. The first-order chi connectivity index (χ1) is 46.3. The van der Waals surface area contributed by atoms with Crippen LogP contribution in [0.2, 0.25) is 0 Å². The third kappa shape index (κ3) is 6.85. The number of hydrogen-bond donors (Lipinski definition) is 0. The Morgan fingerprint density at radius 3 is 1.09 bits per heavy atom. The molecule has 4 heterocycles. The number of rotatable bonds is 8. The highest BCUT2D eigenvalue weighted by molar-refractivity contribution is 6.32. The lowest BCUT2D eigenvalue weighted by atomic mass is 9.85. The van der Waals surface area contributed by atoms with Crippen LogP contribution in [0.4, 0.5) is 34.1 Å². The van der Waals surface area contributed by atoms with Crippen molar-refractivity contribution in [2.45, 2.75) is 52.4 Å². The van der Waals surface area contributed by atoms with Crippen LogP contribution in [0.1, 0.15) is 80.1 Å². The Kier molecular flexibility index (Phi) is 6.52. The van der Waals surface area contributed by atoms with Gasteiger partial charge in [0.1, 0.15) is 0 Å². The Morgan fingerprint density at radius 1 is 0.333 bits per heavy atom. The molecule has 0 atom stereocenters. The fraction of sp³-hybridized carbons (Fsp3) is 0.108. The molecule has 78 heavy (non-hydrogen) atoms. The normalized spacial score (nSPS) is 16.1. The summed E-state index contributed by atoms with van der Waals surface area (Å²) in [6.45, 7) is 11.9.